The second kappa shape index (κ2) is 123. The van der Waals surface area contributed by atoms with Crippen LogP contribution >= 0.6 is 0 Å². The van der Waals surface area contributed by atoms with Crippen molar-refractivity contribution in [2.24, 2.45) is 0 Å². The van der Waals surface area contributed by atoms with Crippen molar-refractivity contribution in [3.63, 3.8) is 0 Å². The maximum Gasteiger partial charge on any atom is 0.0467 e. The van der Waals surface area contributed by atoms with E-state index in [0.29, 0.717) is 0 Å². The summed E-state index contributed by atoms with van der Waals surface area (Å²) in [5.74, 6) is 0. The highest BCUT2D eigenvalue weighted by atomic mass is 12.0. The van der Waals surface area contributed by atoms with E-state index in [1.807, 2.05) is 0 Å². The summed E-state index contributed by atoms with van der Waals surface area (Å²) in [6, 6.07) is 0. The lowest BCUT2D eigenvalue weighted by atomic mass is 12.0. The van der Waals surface area contributed by atoms with E-state index in [0.717, 1.165) is 0 Å². The molecule has 0 aliphatic heterocycles. The minimum absolute atomic E-state index is 0. The lowest BCUT2D eigenvalue weighted by molar-refractivity contribution is 2.50. The average Bonchev–Trinajstić information content (AvgIpc) is 0. The quantitative estimate of drug-likeness (QED) is 0.377. The second-order valence-electron chi connectivity index (χ2n) is 0. The molecule has 0 saturated carbocycles. The van der Waals surface area contributed by atoms with Crippen LogP contribution in [-0.2, 0) is 0 Å². The highest BCUT2D eigenvalue weighted by Gasteiger charge is 0.0477. The van der Waals surface area contributed by atoms with Crippen molar-refractivity contribution in [3.05, 3.63) is 14.9 Å². The molecule has 0 bridgehead atoms. The predicted octanol–water partition coefficient (Wildman–Crippen LogP) is 2.17. The van der Waals surface area contributed by atoms with Crippen LogP contribution in [0.3, 0.4) is 0 Å². The van der Waals surface area contributed by atoms with Crippen molar-refractivity contribution < 1.29 is 0 Å². The minimum Gasteiger partial charge on any atom is -0.0776 e. The Balaban J connectivity index is 0. The van der Waals surface area contributed by atoms with Crippen molar-refractivity contribution in [2.45, 2.75) is 14.9 Å². The maximum absolute atomic E-state index is 0. The monoisotopic (exact) mass is 62.1 g/mol. The van der Waals surface area contributed by atoms with E-state index in [-0.39, 0.29) is 29.7 Å². The average molecular weight is 62.2 g/mol. The Morgan fingerprint density at radius 3 is 0.500 bits per heavy atom. The molecule has 0 radical (unpaired) electrons. The molecule has 0 heteroatoms. The van der Waals surface area contributed by atoms with Crippen molar-refractivity contribution in [3.8, 4) is 0 Å². The molecule has 0 nitrogen and oxygen atoms in total. The number of hydrogen-bond acceptors (Lipinski definition) is 0. The third kappa shape index (κ3) is 14.1. The van der Waals surface area contributed by atoms with Gasteiger partial charge in [-0.15, -0.1) is 0 Å². The lowest BCUT2D eigenvalue weighted by Crippen LogP contribution is 0.0803. The first-order chi connectivity index (χ1) is 0. The molecular formula is C4H14+2. The zero-order valence-electron chi connectivity index (χ0n) is 2.00. The summed E-state index contributed by atoms with van der Waals surface area (Å²) in [6.07, 6.45) is 0. The van der Waals surface area contributed by atoms with Crippen LogP contribution in [0.25, 0.3) is 0 Å². The van der Waals surface area contributed by atoms with E-state index in [9.17, 15) is 0 Å². The highest BCUT2D eigenvalue weighted by molar-refractivity contribution is 3.24. The first-order valence-electron chi connectivity index (χ1n) is 0. The Hall–Kier alpha value is -0.260. The van der Waals surface area contributed by atoms with Gasteiger partial charge in [-0.3, -0.25) is 0 Å². The Bertz CT molecular complexity index is 0. The fourth-order valence-electron chi connectivity index (χ4n) is 0. The standard InChI is InChI=1S/2CH4.2CH3/h2*1H4;2*1H3/q;;2*+1. The van der Waals surface area contributed by atoms with Gasteiger partial charge in [0, 0.05) is 14.9 Å². The molecule has 0 aliphatic carbocycles. The van der Waals surface area contributed by atoms with E-state index in [4.69, 9.17) is 0 Å². The predicted molar refractivity (Wildman–Crippen MR) is 26.3 cm³/mol. The van der Waals surface area contributed by atoms with E-state index in [1.54, 1.807) is 0 Å². The largest absolute Gasteiger partial charge is 0.0776 e. The summed E-state index contributed by atoms with van der Waals surface area (Å²) in [5, 5.41) is 0. The molecule has 0 aromatic carbocycles. The number of rotatable bonds is 0. The van der Waals surface area contributed by atoms with Crippen LogP contribution in [0.1, 0.15) is 14.9 Å². The van der Waals surface area contributed by atoms with E-state index in [2.05, 4.69) is 0 Å². The molecule has 0 heterocycles. The van der Waals surface area contributed by atoms with Crippen LogP contribution in [0.5, 0.6) is 0 Å². The topological polar surface area (TPSA) is 0 Å². The minimum atomic E-state index is 0. The Labute approximate surface area is 30.9 Å². The van der Waals surface area contributed by atoms with Gasteiger partial charge in [0.1, 0.15) is 0 Å². The molecular weight excluding hydrogens is 48.0 g/mol. The summed E-state index contributed by atoms with van der Waals surface area (Å²) in [4.78, 5) is 0. The first-order valence-corrected chi connectivity index (χ1v) is 0. The summed E-state index contributed by atoms with van der Waals surface area (Å²) in [5.41, 5.74) is 0. The summed E-state index contributed by atoms with van der Waals surface area (Å²) in [7, 11) is 0. The van der Waals surface area contributed by atoms with Crippen LogP contribution in [0.15, 0.2) is 0 Å². The van der Waals surface area contributed by atoms with E-state index in [1.165, 1.54) is 0 Å². The van der Waals surface area contributed by atoms with Crippen LogP contribution in [0.2, 0.25) is 0 Å². The molecule has 4 heavy (non-hydrogen) atoms. The summed E-state index contributed by atoms with van der Waals surface area (Å²) >= 11 is 0. The molecule has 0 N–H and O–H groups in total. The van der Waals surface area contributed by atoms with Crippen LogP contribution in [0, 0.1) is 14.9 Å². The zero-order valence-corrected chi connectivity index (χ0v) is 2.00. The van der Waals surface area contributed by atoms with Crippen LogP contribution in [-0.4, -0.2) is 0 Å². The van der Waals surface area contributed by atoms with Gasteiger partial charge in [0.15, 0.2) is 0 Å². The molecule has 0 aromatic rings. The second-order valence-corrected chi connectivity index (χ2v) is 0. The maximum atomic E-state index is 0. The van der Waals surface area contributed by atoms with Gasteiger partial charge in [0.2, 0.25) is 0 Å². The van der Waals surface area contributed by atoms with Gasteiger partial charge >= 0.3 is 0 Å². The van der Waals surface area contributed by atoms with Gasteiger partial charge in [-0.1, -0.05) is 14.9 Å². The van der Waals surface area contributed by atoms with Gasteiger partial charge in [-0.25, -0.2) is 0 Å². The number of hydrogen-bond donors (Lipinski definition) is 0. The molecule has 28 valence electrons. The normalized spacial score (nSPS) is 0. The van der Waals surface area contributed by atoms with Crippen LogP contribution in [0.4, 0.5) is 0 Å². The zero-order chi connectivity index (χ0) is 0. The molecule has 0 fully saturated rings. The molecule has 0 aliphatic rings. The van der Waals surface area contributed by atoms with Gasteiger partial charge in [-0.05, 0) is 0 Å². The Morgan fingerprint density at radius 2 is 0.500 bits per heavy atom. The molecule has 0 unspecified atom stereocenters. The summed E-state index contributed by atoms with van der Waals surface area (Å²) in [6.45, 7) is 0. The SMILES string of the molecule is C.C.[CH3+].[CH3+]. The molecule has 0 saturated heterocycles. The van der Waals surface area contributed by atoms with Crippen LogP contribution < -0.4 is 0 Å². The molecule has 0 rings (SSSR count). The third-order valence-electron chi connectivity index (χ3n) is 0. The van der Waals surface area contributed by atoms with Gasteiger partial charge in [0.25, 0.3) is 0 Å². The van der Waals surface area contributed by atoms with Gasteiger partial charge < -0.3 is 0 Å². The first kappa shape index (κ1) is 415. The summed E-state index contributed by atoms with van der Waals surface area (Å²) < 4.78 is 0. The Kier molecular flexibility index (Phi) is 12700. The van der Waals surface area contributed by atoms with E-state index < -0.39 is 0 Å². The van der Waals surface area contributed by atoms with Crippen molar-refractivity contribution in [1.29, 1.82) is 0 Å². The van der Waals surface area contributed by atoms with Crippen molar-refractivity contribution >= 4 is 0 Å². The Morgan fingerprint density at radius 1 is 0.500 bits per heavy atom. The molecule has 0 aromatic heterocycles. The smallest absolute Gasteiger partial charge is 0.0467 e. The van der Waals surface area contributed by atoms with Crippen molar-refractivity contribution in [1.82, 2.24) is 0 Å². The van der Waals surface area contributed by atoms with E-state index >= 15 is 0 Å². The molecule has 0 atom stereocenters. The van der Waals surface area contributed by atoms with Crippen molar-refractivity contribution in [2.75, 3.05) is 0 Å². The fraction of sp³-hybridized carbons (Fsp3) is 0.500. The highest BCUT2D eigenvalue weighted by Crippen LogP contribution is 0.145. The molecule has 0 amide bonds. The third-order valence-corrected chi connectivity index (χ3v) is 0. The lowest BCUT2D eigenvalue weighted by Gasteiger charge is -0.0786. The van der Waals surface area contributed by atoms with Gasteiger partial charge in [-0.2, -0.15) is 0 Å². The molecule has 0 spiro atoms. The van der Waals surface area contributed by atoms with Gasteiger partial charge in [0.05, 0.1) is 0 Å². The fourth-order valence-corrected chi connectivity index (χ4v) is 0.